The number of rotatable bonds is 1. The normalized spacial score (nSPS) is 21.5. The SMILES string of the molecule is [2H]B(P)P([3H])F. The van der Waals surface area contributed by atoms with E-state index in [1.54, 1.807) is 0 Å². The maximum absolute atomic E-state index is 11.3. The van der Waals surface area contributed by atoms with Crippen LogP contribution in [0.5, 0.6) is 0 Å². The summed E-state index contributed by atoms with van der Waals surface area (Å²) in [5, 5.41) is 0. The van der Waals surface area contributed by atoms with Gasteiger partial charge in [0.2, 0.25) is 6.68 Å². The Bertz CT molecular complexity index is 32.5. The van der Waals surface area contributed by atoms with Crippen molar-refractivity contribution < 1.29 is 4.20 Å². The number of halogens is 1. The van der Waals surface area contributed by atoms with Crippen molar-refractivity contribution in [3.8, 4) is 0 Å². The Labute approximate surface area is 32.4 Å². The van der Waals surface area contributed by atoms with Crippen molar-refractivity contribution in [2.45, 2.75) is 0 Å². The molecule has 0 aromatic heterocycles. The van der Waals surface area contributed by atoms with E-state index in [0.717, 1.165) is 0 Å². The van der Waals surface area contributed by atoms with Gasteiger partial charge in [-0.2, -0.15) is 9.12 Å². The lowest BCUT2D eigenvalue weighted by atomic mass is 10.7. The molecule has 2 unspecified atom stereocenters. The molecule has 0 radical (unpaired) electrons. The smallest absolute Gasteiger partial charge is 0.212 e. The van der Waals surface area contributed by atoms with Gasteiger partial charge in [0.05, 0.1) is 1.28 Å². The van der Waals surface area contributed by atoms with Crippen molar-refractivity contribution in [1.29, 1.82) is 2.61 Å². The van der Waals surface area contributed by atoms with E-state index < -0.39 is 15.4 Å². The third-order valence-electron chi connectivity index (χ3n) is 0.0563. The van der Waals surface area contributed by atoms with Gasteiger partial charge in [0.25, 0.3) is 0 Å². The predicted molar refractivity (Wildman–Crippen MR) is 26.3 cm³/mol. The fourth-order valence-corrected chi connectivity index (χ4v) is 0. The van der Waals surface area contributed by atoms with Crippen LogP contribution < -0.4 is 0 Å². The van der Waals surface area contributed by atoms with Gasteiger partial charge in [-0.05, 0) is 1.34 Å². The summed E-state index contributed by atoms with van der Waals surface area (Å²) in [6, 6.07) is 0. The molecule has 0 aliphatic heterocycles. The van der Waals surface area contributed by atoms with Crippen molar-refractivity contribution in [3.63, 3.8) is 0 Å². The highest BCUT2D eigenvalue weighted by Crippen LogP contribution is 2.08. The van der Waals surface area contributed by atoms with Crippen LogP contribution in [-0.2, 0) is 0 Å². The Morgan fingerprint density at radius 3 is 3.25 bits per heavy atom. The molecule has 0 amide bonds. The molecule has 0 heterocycles. The molecule has 0 aliphatic rings. The monoisotopic (exact) mass is 99.0 g/mol. The molecule has 0 fully saturated rings. The summed E-state index contributed by atoms with van der Waals surface area (Å²) >= 11 is 0. The van der Waals surface area contributed by atoms with E-state index in [9.17, 15) is 4.20 Å². The third kappa shape index (κ3) is 2.85. The van der Waals surface area contributed by atoms with E-state index in [2.05, 4.69) is 0 Å². The summed E-state index contributed by atoms with van der Waals surface area (Å²) in [7, 11) is -0.374. The predicted octanol–water partition coefficient (Wildman–Crippen LogP) is 0.691. The minimum atomic E-state index is -2.28. The Morgan fingerprint density at radius 1 is 3.00 bits per heavy atom. The molecule has 0 spiro atoms. The number of hydrogen-bond acceptors (Lipinski definition) is 0. The minimum absolute atomic E-state index is 0.917. The summed E-state index contributed by atoms with van der Waals surface area (Å²) in [5.74, 6) is 0. The van der Waals surface area contributed by atoms with Gasteiger partial charge < -0.3 is 0 Å². The topological polar surface area (TPSA) is 0 Å². The maximum Gasteiger partial charge on any atom is 0.212 e. The highest BCUT2D eigenvalue weighted by Gasteiger charge is 1.66. The van der Waals surface area contributed by atoms with Crippen LogP contribution in [0, 0.1) is 0 Å². The Morgan fingerprint density at radius 2 is 3.25 bits per heavy atom. The Hall–Kier alpha value is 0.855. The van der Waals surface area contributed by atoms with Crippen LogP contribution in [0.1, 0.15) is 0 Å². The van der Waals surface area contributed by atoms with Crippen LogP contribution in [-0.4, -0.2) is 9.30 Å². The molecule has 2 atom stereocenters. The van der Waals surface area contributed by atoms with E-state index in [-0.39, 0.29) is 0 Å². The fourth-order valence-electron chi connectivity index (χ4n) is 0. The highest BCUT2D eigenvalue weighted by atomic mass is 31.1. The molecule has 24 valence electrons. The molecule has 0 N–H and O–H groups in total. The largest absolute Gasteiger partial charge is 0.241 e. The molecular weight excluding hydrogens is 91.8 g/mol. The second kappa shape index (κ2) is 3.85. The van der Waals surface area contributed by atoms with Crippen molar-refractivity contribution in [1.82, 2.24) is 0 Å². The van der Waals surface area contributed by atoms with Crippen molar-refractivity contribution >= 4 is 24.5 Å². The van der Waals surface area contributed by atoms with Crippen LogP contribution in [0.15, 0.2) is 0 Å². The van der Waals surface area contributed by atoms with Crippen molar-refractivity contribution in [2.75, 3.05) is 0 Å². The standard InChI is InChI=1S/BFH4P2/c2-4-1-3/h1,4H,3H2/i1D,4T. The van der Waals surface area contributed by atoms with E-state index in [1.807, 2.05) is 9.12 Å². The van der Waals surface area contributed by atoms with E-state index in [1.165, 1.54) is 0 Å². The average Bonchev–Trinajstić information content (AvgIpc) is 1.36. The molecule has 0 saturated heterocycles. The van der Waals surface area contributed by atoms with Gasteiger partial charge in [0.1, 0.15) is 0 Å². The van der Waals surface area contributed by atoms with Crippen LogP contribution >= 0.6 is 17.8 Å². The average molecular weight is 98.8 g/mol. The van der Waals surface area contributed by atoms with Gasteiger partial charge in [-0.1, -0.05) is 0 Å². The Kier molecular flexibility index (Phi) is 2.03. The zero-order valence-electron chi connectivity index (χ0n) is 3.98. The van der Waals surface area contributed by atoms with Crippen LogP contribution in [0.2, 0.25) is 0 Å². The molecular formula is H4BFP2. The molecule has 0 aliphatic carbocycles. The lowest BCUT2D eigenvalue weighted by Gasteiger charge is -1.60. The second-order valence-corrected chi connectivity index (χ2v) is 1.63. The van der Waals surface area contributed by atoms with Gasteiger partial charge in [-0.25, -0.2) is 4.20 Å². The third-order valence-corrected chi connectivity index (χ3v) is 0.507. The molecule has 0 bridgehead atoms. The zero-order chi connectivity index (χ0) is 5.15. The summed E-state index contributed by atoms with van der Waals surface area (Å²) < 4.78 is 24.0. The molecule has 0 rings (SSSR count). The van der Waals surface area contributed by atoms with Gasteiger partial charge >= 0.3 is 0 Å². The molecule has 0 aromatic carbocycles. The van der Waals surface area contributed by atoms with E-state index >= 15 is 0 Å². The van der Waals surface area contributed by atoms with Crippen LogP contribution in [0.4, 0.5) is 4.20 Å². The number of hydrogen-bond donors (Lipinski definition) is 0. The summed E-state index contributed by atoms with van der Waals surface area (Å²) in [4.78, 5) is 0. The van der Waals surface area contributed by atoms with Crippen molar-refractivity contribution in [3.05, 3.63) is 0 Å². The lowest BCUT2D eigenvalue weighted by Crippen LogP contribution is -1.40. The maximum atomic E-state index is 11.3. The molecule has 0 nitrogen and oxygen atoms in total. The van der Waals surface area contributed by atoms with Gasteiger partial charge in [0.15, 0.2) is 0 Å². The van der Waals surface area contributed by atoms with Crippen LogP contribution in [0.25, 0.3) is 0 Å². The first-order valence-corrected chi connectivity index (χ1v) is 2.28. The molecule has 0 saturated carbocycles. The van der Waals surface area contributed by atoms with Crippen molar-refractivity contribution in [2.24, 2.45) is 0 Å². The first kappa shape index (κ1) is 2.10. The van der Waals surface area contributed by atoms with Crippen LogP contribution in [0.3, 0.4) is 0 Å². The quantitative estimate of drug-likeness (QED) is 0.335. The summed E-state index contributed by atoms with van der Waals surface area (Å²) in [6.45, 7) is -0.917. The first-order valence-electron chi connectivity index (χ1n) is 1.79. The van der Waals surface area contributed by atoms with Gasteiger partial charge in [-0.15, -0.1) is 0 Å². The first-order chi connectivity index (χ1) is 2.64. The van der Waals surface area contributed by atoms with E-state index in [0.29, 0.717) is 0 Å². The molecule has 4 heavy (non-hydrogen) atoms. The fraction of sp³-hybridized carbons (Fsp3) is 0. The van der Waals surface area contributed by atoms with Gasteiger partial charge in [0, 0.05) is 8.72 Å². The molecule has 4 heteroatoms. The summed E-state index contributed by atoms with van der Waals surface area (Å²) in [5.41, 5.74) is 0. The second-order valence-electron chi connectivity index (χ2n) is 0.247. The minimum Gasteiger partial charge on any atom is -0.241 e. The molecule has 0 aromatic rings. The van der Waals surface area contributed by atoms with Gasteiger partial charge in [-0.3, -0.25) is 0 Å². The summed E-state index contributed by atoms with van der Waals surface area (Å²) in [6.07, 6.45) is 0. The lowest BCUT2D eigenvalue weighted by molar-refractivity contribution is 0.935. The Balaban J connectivity index is 2.99. The van der Waals surface area contributed by atoms with E-state index in [4.69, 9.17) is 2.61 Å². The zero-order valence-corrected chi connectivity index (χ0v) is 4.03. The highest BCUT2D eigenvalue weighted by molar-refractivity contribution is 7.92.